The second-order valence-corrected chi connectivity index (χ2v) is 6.17. The van der Waals surface area contributed by atoms with Crippen LogP contribution in [0.1, 0.15) is 51.4 Å². The number of nitrogens with two attached hydrogens (primary N) is 1. The minimum Gasteiger partial charge on any atom is -0.481 e. The Hall–Kier alpha value is -1.10. The van der Waals surface area contributed by atoms with Gasteiger partial charge in [-0.2, -0.15) is 0 Å². The van der Waals surface area contributed by atoms with Crippen LogP contribution in [-0.4, -0.2) is 30.1 Å². The lowest BCUT2D eigenvalue weighted by atomic mass is 9.67. The van der Waals surface area contributed by atoms with Crippen LogP contribution >= 0.6 is 0 Å². The Balaban J connectivity index is 1.95. The highest BCUT2D eigenvalue weighted by atomic mass is 16.4. The number of aliphatic carboxylic acids is 1. The molecule has 2 rings (SSSR count). The van der Waals surface area contributed by atoms with Gasteiger partial charge in [0.1, 0.15) is 0 Å². The second-order valence-electron chi connectivity index (χ2n) is 6.17. The predicted molar refractivity (Wildman–Crippen MR) is 71.5 cm³/mol. The van der Waals surface area contributed by atoms with Crippen molar-refractivity contribution >= 4 is 11.9 Å². The maximum atomic E-state index is 12.2. The fourth-order valence-electron chi connectivity index (χ4n) is 3.26. The van der Waals surface area contributed by atoms with Crippen LogP contribution in [0.5, 0.6) is 0 Å². The van der Waals surface area contributed by atoms with Gasteiger partial charge in [0.05, 0.1) is 10.8 Å². The van der Waals surface area contributed by atoms with Gasteiger partial charge in [0, 0.05) is 13.1 Å². The van der Waals surface area contributed by atoms with Crippen LogP contribution in [0.3, 0.4) is 0 Å². The molecular weight excluding hydrogens is 244 g/mol. The summed E-state index contributed by atoms with van der Waals surface area (Å²) in [4.78, 5) is 23.7. The van der Waals surface area contributed by atoms with Crippen molar-refractivity contribution < 1.29 is 14.7 Å². The zero-order valence-electron chi connectivity index (χ0n) is 11.4. The van der Waals surface area contributed by atoms with Gasteiger partial charge in [-0.15, -0.1) is 0 Å². The van der Waals surface area contributed by atoms with Crippen molar-refractivity contribution in [3.05, 3.63) is 0 Å². The number of amides is 1. The summed E-state index contributed by atoms with van der Waals surface area (Å²) in [6.45, 7) is 0.613. The Morgan fingerprint density at radius 1 is 1.00 bits per heavy atom. The quantitative estimate of drug-likeness (QED) is 0.700. The smallest absolute Gasteiger partial charge is 0.311 e. The summed E-state index contributed by atoms with van der Waals surface area (Å²) in [7, 11) is 0. The van der Waals surface area contributed by atoms with Gasteiger partial charge in [-0.25, -0.2) is 0 Å². The van der Waals surface area contributed by atoms with Gasteiger partial charge in [0.15, 0.2) is 0 Å². The van der Waals surface area contributed by atoms with E-state index in [1.165, 1.54) is 0 Å². The number of carboxylic acid groups (broad SMARTS) is 1. The van der Waals surface area contributed by atoms with E-state index in [0.717, 1.165) is 38.5 Å². The molecule has 0 radical (unpaired) electrons. The van der Waals surface area contributed by atoms with Gasteiger partial charge in [0.2, 0.25) is 5.91 Å². The number of hydrogen-bond acceptors (Lipinski definition) is 3. The van der Waals surface area contributed by atoms with Gasteiger partial charge < -0.3 is 16.2 Å². The standard InChI is InChI=1S/C14H24N2O3/c15-9-13(7-4-8-13)11(17)16-10-14(12(18)19)5-2-1-3-6-14/h1-10,15H2,(H,16,17)(H,18,19). The average molecular weight is 268 g/mol. The molecule has 2 fully saturated rings. The minimum absolute atomic E-state index is 0.0487. The fourth-order valence-corrected chi connectivity index (χ4v) is 3.26. The van der Waals surface area contributed by atoms with Crippen molar-refractivity contribution in [1.29, 1.82) is 0 Å². The van der Waals surface area contributed by atoms with Crippen molar-refractivity contribution in [3.8, 4) is 0 Å². The number of hydrogen-bond donors (Lipinski definition) is 3. The molecule has 0 atom stereocenters. The highest BCUT2D eigenvalue weighted by Gasteiger charge is 2.45. The summed E-state index contributed by atoms with van der Waals surface area (Å²) in [5.74, 6) is -0.824. The molecule has 0 aromatic carbocycles. The van der Waals surface area contributed by atoms with Gasteiger partial charge in [0.25, 0.3) is 0 Å². The number of nitrogens with one attached hydrogen (secondary N) is 1. The Morgan fingerprint density at radius 2 is 1.58 bits per heavy atom. The maximum absolute atomic E-state index is 12.2. The van der Waals surface area contributed by atoms with Gasteiger partial charge >= 0.3 is 5.97 Å². The predicted octanol–water partition coefficient (Wildman–Crippen LogP) is 1.27. The molecule has 0 heterocycles. The van der Waals surface area contributed by atoms with Crippen LogP contribution in [0.25, 0.3) is 0 Å². The molecule has 0 saturated heterocycles. The van der Waals surface area contributed by atoms with Crippen LogP contribution < -0.4 is 11.1 Å². The van der Waals surface area contributed by atoms with E-state index < -0.39 is 16.8 Å². The van der Waals surface area contributed by atoms with Crippen molar-refractivity contribution in [2.75, 3.05) is 13.1 Å². The molecule has 2 aliphatic carbocycles. The van der Waals surface area contributed by atoms with Crippen LogP contribution in [-0.2, 0) is 9.59 Å². The van der Waals surface area contributed by atoms with E-state index in [1.54, 1.807) is 0 Å². The van der Waals surface area contributed by atoms with Crippen LogP contribution in [0.2, 0.25) is 0 Å². The summed E-state index contributed by atoms with van der Waals surface area (Å²) >= 11 is 0. The Labute approximate surface area is 113 Å². The molecule has 108 valence electrons. The third-order valence-corrected chi connectivity index (χ3v) is 5.03. The number of carboxylic acids is 1. The number of carbonyl (C=O) groups excluding carboxylic acids is 1. The highest BCUT2D eigenvalue weighted by molar-refractivity contribution is 5.84. The van der Waals surface area contributed by atoms with Crippen molar-refractivity contribution in [2.45, 2.75) is 51.4 Å². The monoisotopic (exact) mass is 268 g/mol. The Kier molecular flexibility index (Phi) is 4.13. The summed E-state index contributed by atoms with van der Waals surface area (Å²) in [5, 5.41) is 12.3. The van der Waals surface area contributed by atoms with E-state index in [1.807, 2.05) is 0 Å². The minimum atomic E-state index is -0.775. The Bertz CT molecular complexity index is 352. The first-order chi connectivity index (χ1) is 9.05. The molecule has 0 spiro atoms. The van der Waals surface area contributed by atoms with Gasteiger partial charge in [-0.05, 0) is 25.7 Å². The summed E-state index contributed by atoms with van der Waals surface area (Å²) in [5.41, 5.74) is 4.52. The lowest BCUT2D eigenvalue weighted by Crippen LogP contribution is -2.53. The van der Waals surface area contributed by atoms with Gasteiger partial charge in [-0.3, -0.25) is 9.59 Å². The van der Waals surface area contributed by atoms with Crippen LogP contribution in [0.4, 0.5) is 0 Å². The number of carbonyl (C=O) groups is 2. The molecule has 5 heteroatoms. The van der Waals surface area contributed by atoms with E-state index in [0.29, 0.717) is 19.4 Å². The van der Waals surface area contributed by atoms with E-state index in [4.69, 9.17) is 5.73 Å². The average Bonchev–Trinajstić information content (AvgIpc) is 2.36. The van der Waals surface area contributed by atoms with Crippen LogP contribution in [0, 0.1) is 10.8 Å². The molecule has 0 bridgehead atoms. The SMILES string of the molecule is NCC1(C(=O)NCC2(C(=O)O)CCCCC2)CCC1. The van der Waals surface area contributed by atoms with E-state index in [-0.39, 0.29) is 12.5 Å². The van der Waals surface area contributed by atoms with Gasteiger partial charge in [-0.1, -0.05) is 25.7 Å². The second kappa shape index (κ2) is 5.49. The van der Waals surface area contributed by atoms with Crippen molar-refractivity contribution in [2.24, 2.45) is 16.6 Å². The Morgan fingerprint density at radius 3 is 2.00 bits per heavy atom. The normalized spacial score (nSPS) is 24.3. The molecule has 5 nitrogen and oxygen atoms in total. The molecule has 0 unspecified atom stereocenters. The molecule has 19 heavy (non-hydrogen) atoms. The van der Waals surface area contributed by atoms with Crippen molar-refractivity contribution in [1.82, 2.24) is 5.32 Å². The first kappa shape index (κ1) is 14.3. The molecule has 0 aromatic heterocycles. The topological polar surface area (TPSA) is 92.4 Å². The highest BCUT2D eigenvalue weighted by Crippen LogP contribution is 2.41. The summed E-state index contributed by atoms with van der Waals surface area (Å²) < 4.78 is 0. The summed E-state index contributed by atoms with van der Waals surface area (Å²) in [6.07, 6.45) is 6.99. The molecular formula is C14H24N2O3. The van der Waals surface area contributed by atoms with E-state index in [9.17, 15) is 14.7 Å². The van der Waals surface area contributed by atoms with E-state index >= 15 is 0 Å². The van der Waals surface area contributed by atoms with E-state index in [2.05, 4.69) is 5.32 Å². The lowest BCUT2D eigenvalue weighted by molar-refractivity contribution is -0.151. The maximum Gasteiger partial charge on any atom is 0.311 e. The third kappa shape index (κ3) is 2.61. The molecule has 2 saturated carbocycles. The van der Waals surface area contributed by atoms with Crippen LogP contribution in [0.15, 0.2) is 0 Å². The largest absolute Gasteiger partial charge is 0.481 e. The summed E-state index contributed by atoms with van der Waals surface area (Å²) in [6, 6.07) is 0. The zero-order valence-corrected chi connectivity index (χ0v) is 11.4. The third-order valence-electron chi connectivity index (χ3n) is 5.03. The molecule has 0 aromatic rings. The molecule has 0 aliphatic heterocycles. The molecule has 1 amide bonds. The lowest BCUT2D eigenvalue weighted by Gasteiger charge is -2.40. The molecule has 2 aliphatic rings. The first-order valence-corrected chi connectivity index (χ1v) is 7.26. The fraction of sp³-hybridized carbons (Fsp3) is 0.857. The number of rotatable bonds is 5. The first-order valence-electron chi connectivity index (χ1n) is 7.26. The molecule has 4 N–H and O–H groups in total. The van der Waals surface area contributed by atoms with Crippen molar-refractivity contribution in [3.63, 3.8) is 0 Å². The zero-order chi connectivity index (χ0) is 13.9.